The fourth-order valence-electron chi connectivity index (χ4n) is 3.08. The molecule has 0 unspecified atom stereocenters. The average Bonchev–Trinajstić information content (AvgIpc) is 3.28. The Morgan fingerprint density at radius 1 is 1.32 bits per heavy atom. The number of ether oxygens (including phenoxy) is 1. The van der Waals surface area contributed by atoms with Crippen LogP contribution in [0.2, 0.25) is 0 Å². The lowest BCUT2D eigenvalue weighted by Gasteiger charge is -2.16. The molecule has 25 heavy (non-hydrogen) atoms. The highest BCUT2D eigenvalue weighted by Gasteiger charge is 2.31. The Hall–Kier alpha value is -3.16. The summed E-state index contributed by atoms with van der Waals surface area (Å²) >= 11 is 0. The molecule has 2 aromatic heterocycles. The first kappa shape index (κ1) is 15.4. The molecule has 4 rings (SSSR count). The molecule has 128 valence electrons. The van der Waals surface area contributed by atoms with Crippen LogP contribution in [-0.4, -0.2) is 43.7 Å². The maximum Gasteiger partial charge on any atom is 0.410 e. The molecule has 8 nitrogen and oxygen atoms in total. The lowest BCUT2D eigenvalue weighted by atomic mass is 10.1. The van der Waals surface area contributed by atoms with Crippen LogP contribution in [-0.2, 0) is 11.3 Å². The number of nitrogens with zero attached hydrogens (tertiary/aromatic N) is 4. The van der Waals surface area contributed by atoms with E-state index in [9.17, 15) is 9.59 Å². The number of hydrogen-bond acceptors (Lipinski definition) is 5. The van der Waals surface area contributed by atoms with Gasteiger partial charge in [-0.3, -0.25) is 4.79 Å². The average molecular weight is 339 g/mol. The highest BCUT2D eigenvalue weighted by molar-refractivity contribution is 5.68. The maximum atomic E-state index is 12.3. The van der Waals surface area contributed by atoms with Crippen LogP contribution < -0.4 is 5.56 Å². The Kier molecular flexibility index (Phi) is 3.93. The number of carbonyl (C=O) groups is 1. The third-order valence-corrected chi connectivity index (χ3v) is 4.38. The summed E-state index contributed by atoms with van der Waals surface area (Å²) in [5.74, 6) is 0.723. The number of hydrogen-bond donors (Lipinski definition) is 1. The molecule has 0 bridgehead atoms. The number of benzene rings is 1. The second-order valence-corrected chi connectivity index (χ2v) is 6.00. The SMILES string of the molecule is O=C(OCc1ccccc1)N1CC[C@@H](c2ncc3c(=O)[nH]cnn23)C1. The van der Waals surface area contributed by atoms with Gasteiger partial charge in [-0.2, -0.15) is 5.10 Å². The van der Waals surface area contributed by atoms with Gasteiger partial charge in [-0.15, -0.1) is 0 Å². The van der Waals surface area contributed by atoms with Crippen molar-refractivity contribution >= 4 is 11.6 Å². The number of amides is 1. The Bertz CT molecular complexity index is 950. The highest BCUT2D eigenvalue weighted by Crippen LogP contribution is 2.26. The van der Waals surface area contributed by atoms with Gasteiger partial charge in [-0.1, -0.05) is 30.3 Å². The predicted octanol–water partition coefficient (Wildman–Crippen LogP) is 1.54. The summed E-state index contributed by atoms with van der Waals surface area (Å²) in [6.07, 6.45) is 3.28. The lowest BCUT2D eigenvalue weighted by Crippen LogP contribution is -2.29. The van der Waals surface area contributed by atoms with Crippen molar-refractivity contribution in [2.75, 3.05) is 13.1 Å². The molecule has 0 radical (unpaired) electrons. The Balaban J connectivity index is 1.43. The summed E-state index contributed by atoms with van der Waals surface area (Å²) in [6, 6.07) is 9.57. The number of carbonyl (C=O) groups excluding carboxylic acids is 1. The summed E-state index contributed by atoms with van der Waals surface area (Å²) in [7, 11) is 0. The van der Waals surface area contributed by atoms with Gasteiger partial charge in [0.25, 0.3) is 5.56 Å². The second-order valence-electron chi connectivity index (χ2n) is 6.00. The molecule has 0 spiro atoms. The van der Waals surface area contributed by atoms with Crippen LogP contribution in [0.3, 0.4) is 0 Å². The Labute approximate surface area is 143 Å². The van der Waals surface area contributed by atoms with Gasteiger partial charge in [0.1, 0.15) is 18.8 Å². The summed E-state index contributed by atoms with van der Waals surface area (Å²) < 4.78 is 6.92. The first-order chi connectivity index (χ1) is 12.2. The molecule has 8 heteroatoms. The Morgan fingerprint density at radius 3 is 3.00 bits per heavy atom. The first-order valence-electron chi connectivity index (χ1n) is 8.09. The molecule has 1 fully saturated rings. The zero-order chi connectivity index (χ0) is 17.2. The fourth-order valence-corrected chi connectivity index (χ4v) is 3.08. The zero-order valence-corrected chi connectivity index (χ0v) is 13.5. The molecule has 1 atom stereocenters. The molecule has 1 N–H and O–H groups in total. The maximum absolute atomic E-state index is 12.3. The smallest absolute Gasteiger partial charge is 0.410 e. The molecule has 0 saturated carbocycles. The second kappa shape index (κ2) is 6.39. The molecule has 3 aromatic rings. The minimum Gasteiger partial charge on any atom is -0.445 e. The van der Waals surface area contributed by atoms with E-state index in [0.717, 1.165) is 12.0 Å². The largest absolute Gasteiger partial charge is 0.445 e. The van der Waals surface area contributed by atoms with Crippen molar-refractivity contribution < 1.29 is 9.53 Å². The van der Waals surface area contributed by atoms with Crippen molar-refractivity contribution in [1.82, 2.24) is 24.5 Å². The number of likely N-dealkylation sites (tertiary alicyclic amines) is 1. The van der Waals surface area contributed by atoms with Gasteiger partial charge in [0.05, 0.1) is 6.20 Å². The van der Waals surface area contributed by atoms with Crippen molar-refractivity contribution in [2.24, 2.45) is 0 Å². The van der Waals surface area contributed by atoms with Crippen LogP contribution in [0.5, 0.6) is 0 Å². The summed E-state index contributed by atoms with van der Waals surface area (Å²) in [6.45, 7) is 1.35. The third kappa shape index (κ3) is 2.98. The Morgan fingerprint density at radius 2 is 2.16 bits per heavy atom. The topological polar surface area (TPSA) is 92.6 Å². The molecule has 1 aromatic carbocycles. The van der Waals surface area contributed by atoms with Gasteiger partial charge in [-0.25, -0.2) is 14.3 Å². The van der Waals surface area contributed by atoms with Crippen LogP contribution in [0, 0.1) is 0 Å². The van der Waals surface area contributed by atoms with Gasteiger partial charge >= 0.3 is 6.09 Å². The van der Waals surface area contributed by atoms with E-state index in [4.69, 9.17) is 4.74 Å². The number of imidazole rings is 1. The number of rotatable bonds is 3. The fraction of sp³-hybridized carbons (Fsp3) is 0.294. The van der Waals surface area contributed by atoms with Gasteiger partial charge in [0, 0.05) is 19.0 Å². The molecule has 1 amide bonds. The molecule has 1 aliphatic heterocycles. The van der Waals surface area contributed by atoms with E-state index in [1.807, 2.05) is 30.3 Å². The van der Waals surface area contributed by atoms with Crippen LogP contribution >= 0.6 is 0 Å². The minimum atomic E-state index is -0.335. The van der Waals surface area contributed by atoms with E-state index in [-0.39, 0.29) is 24.2 Å². The number of H-pyrrole nitrogens is 1. The number of aromatic amines is 1. The lowest BCUT2D eigenvalue weighted by molar-refractivity contribution is 0.104. The van der Waals surface area contributed by atoms with Crippen LogP contribution in [0.15, 0.2) is 47.7 Å². The normalized spacial score (nSPS) is 17.1. The van der Waals surface area contributed by atoms with Crippen LogP contribution in [0.4, 0.5) is 4.79 Å². The zero-order valence-electron chi connectivity index (χ0n) is 13.5. The number of nitrogens with one attached hydrogen (secondary N) is 1. The van der Waals surface area contributed by atoms with Crippen molar-refractivity contribution in [3.05, 3.63) is 64.6 Å². The molecular weight excluding hydrogens is 322 g/mol. The minimum absolute atomic E-state index is 0.0288. The van der Waals surface area contributed by atoms with Crippen molar-refractivity contribution in [3.8, 4) is 0 Å². The van der Waals surface area contributed by atoms with Crippen LogP contribution in [0.1, 0.15) is 23.7 Å². The van der Waals surface area contributed by atoms with Crippen molar-refractivity contribution in [2.45, 2.75) is 18.9 Å². The van der Waals surface area contributed by atoms with Gasteiger partial charge < -0.3 is 14.6 Å². The van der Waals surface area contributed by atoms with Crippen LogP contribution in [0.25, 0.3) is 5.52 Å². The predicted molar refractivity (Wildman–Crippen MR) is 89.2 cm³/mol. The first-order valence-corrected chi connectivity index (χ1v) is 8.09. The summed E-state index contributed by atoms with van der Waals surface area (Å²) in [5, 5.41) is 4.16. The van der Waals surface area contributed by atoms with Gasteiger partial charge in [0.2, 0.25) is 0 Å². The molecule has 1 aliphatic rings. The summed E-state index contributed by atoms with van der Waals surface area (Å²) in [4.78, 5) is 32.5. The van der Waals surface area contributed by atoms with Gasteiger partial charge in [0.15, 0.2) is 5.52 Å². The third-order valence-electron chi connectivity index (χ3n) is 4.38. The van der Waals surface area contributed by atoms with E-state index >= 15 is 0 Å². The number of fused-ring (bicyclic) bond motifs is 1. The van der Waals surface area contributed by atoms with Crippen molar-refractivity contribution in [1.29, 1.82) is 0 Å². The van der Waals surface area contributed by atoms with Crippen molar-refractivity contribution in [3.63, 3.8) is 0 Å². The molecule has 3 heterocycles. The van der Waals surface area contributed by atoms with E-state index < -0.39 is 0 Å². The quantitative estimate of drug-likeness (QED) is 0.781. The van der Waals surface area contributed by atoms with E-state index in [1.54, 1.807) is 9.42 Å². The van der Waals surface area contributed by atoms with E-state index in [1.165, 1.54) is 12.5 Å². The number of aromatic nitrogens is 4. The monoisotopic (exact) mass is 339 g/mol. The molecular formula is C17H17N5O3. The van der Waals surface area contributed by atoms with Gasteiger partial charge in [-0.05, 0) is 12.0 Å². The standard InChI is InChI=1S/C17H17N5O3/c23-16-14-8-18-15(22(14)20-11-19-16)13-6-7-21(9-13)17(24)25-10-12-4-2-1-3-5-12/h1-5,8,11,13H,6-7,9-10H2,(H,19,20,23)/t13-/m1/s1. The molecule has 0 aliphatic carbocycles. The molecule has 1 saturated heterocycles. The van der Waals surface area contributed by atoms with E-state index in [0.29, 0.717) is 24.4 Å². The summed E-state index contributed by atoms with van der Waals surface area (Å²) in [5.41, 5.74) is 1.13. The highest BCUT2D eigenvalue weighted by atomic mass is 16.6. The van der Waals surface area contributed by atoms with E-state index in [2.05, 4.69) is 15.1 Å².